The van der Waals surface area contributed by atoms with E-state index in [0.29, 0.717) is 6.42 Å². The number of hydrogen-bond donors (Lipinski definition) is 3. The molecule has 1 amide bonds. The Morgan fingerprint density at radius 3 is 0.972 bits per heavy atom. The van der Waals surface area contributed by atoms with E-state index >= 15 is 0 Å². The quantitative estimate of drug-likeness (QED) is 0.411. The summed E-state index contributed by atoms with van der Waals surface area (Å²) < 4.78 is 0. The van der Waals surface area contributed by atoms with Crippen LogP contribution in [0.4, 0.5) is 0 Å². The highest BCUT2D eigenvalue weighted by Crippen LogP contribution is 2.48. The Labute approximate surface area is 219 Å². The van der Waals surface area contributed by atoms with E-state index in [0.717, 1.165) is 33.4 Å². The third kappa shape index (κ3) is 5.28. The van der Waals surface area contributed by atoms with Crippen molar-refractivity contribution < 1.29 is 15.0 Å². The van der Waals surface area contributed by atoms with Crippen molar-refractivity contribution in [2.75, 3.05) is 0 Å². The minimum Gasteiger partial charge on any atom is -0.507 e. The van der Waals surface area contributed by atoms with Gasteiger partial charge < -0.3 is 15.9 Å². The lowest BCUT2D eigenvalue weighted by Gasteiger charge is -2.37. The Balaban J connectivity index is 3.18. The van der Waals surface area contributed by atoms with Gasteiger partial charge in [0.1, 0.15) is 11.5 Å². The molecule has 200 valence electrons. The summed E-state index contributed by atoms with van der Waals surface area (Å²) in [6.07, 6.45) is 0.443. The molecule has 0 unspecified atom stereocenters. The van der Waals surface area contributed by atoms with E-state index in [1.54, 1.807) is 0 Å². The molecule has 2 rings (SSSR count). The maximum Gasteiger partial charge on any atom is 0.232 e. The lowest BCUT2D eigenvalue weighted by molar-refractivity contribution is -0.122. The zero-order chi connectivity index (χ0) is 28.2. The number of carbonyl (C=O) groups excluding carboxylic acids is 1. The molecule has 0 spiro atoms. The molecule has 0 radical (unpaired) electrons. The molecule has 0 saturated carbocycles. The Hall–Kier alpha value is -2.49. The molecule has 0 aliphatic carbocycles. The number of aromatic hydroxyl groups is 2. The van der Waals surface area contributed by atoms with Crippen LogP contribution in [0.15, 0.2) is 24.3 Å². The van der Waals surface area contributed by atoms with E-state index in [1.165, 1.54) is 0 Å². The number of rotatable bonds is 4. The second-order valence-electron chi connectivity index (χ2n) is 14.5. The van der Waals surface area contributed by atoms with Crippen LogP contribution in [0.5, 0.6) is 11.5 Å². The normalized spacial score (nSPS) is 13.7. The minimum absolute atomic E-state index is 0.268. The molecule has 4 heteroatoms. The summed E-state index contributed by atoms with van der Waals surface area (Å²) in [5.41, 5.74) is 8.46. The van der Waals surface area contributed by atoms with Crippen LogP contribution in [0.3, 0.4) is 0 Å². The van der Waals surface area contributed by atoms with Crippen LogP contribution in [-0.2, 0) is 31.9 Å². The van der Waals surface area contributed by atoms with Gasteiger partial charge >= 0.3 is 0 Å². The van der Waals surface area contributed by atoms with Crippen molar-refractivity contribution in [1.82, 2.24) is 0 Å². The van der Waals surface area contributed by atoms with Crippen LogP contribution >= 0.6 is 0 Å². The second-order valence-corrected chi connectivity index (χ2v) is 14.5. The van der Waals surface area contributed by atoms with Crippen molar-refractivity contribution in [2.45, 2.75) is 124 Å². The molecular weight excluding hydrogens is 446 g/mol. The van der Waals surface area contributed by atoms with Gasteiger partial charge in [-0.05, 0) is 61.5 Å². The predicted molar refractivity (Wildman–Crippen MR) is 151 cm³/mol. The summed E-state index contributed by atoms with van der Waals surface area (Å²) >= 11 is 0. The second kappa shape index (κ2) is 9.11. The standard InChI is InChI=1S/C32H49NO3/c1-14-32(27(33)36,19-15-21(28(2,3)4)25(34)22(16-19)29(5,6)7)20-17-23(30(8,9)10)26(35)24(18-20)31(11,12)13/h15-18,34-35H,14H2,1-13H3,(H2,33,36). The van der Waals surface area contributed by atoms with Crippen LogP contribution in [0.25, 0.3) is 0 Å². The predicted octanol–water partition coefficient (Wildman–Crippen LogP) is 7.47. The first-order valence-corrected chi connectivity index (χ1v) is 13.1. The number of carbonyl (C=O) groups is 1. The summed E-state index contributed by atoms with van der Waals surface area (Å²) in [5.74, 6) is 0.0928. The SMILES string of the molecule is CCC(C(N)=O)(c1cc(C(C)(C)C)c(O)c(C(C)(C)C)c1)c1cc(C(C)(C)C)c(O)c(C(C)(C)C)c1. The van der Waals surface area contributed by atoms with E-state index in [2.05, 4.69) is 83.1 Å². The lowest BCUT2D eigenvalue weighted by atomic mass is 9.66. The number of primary amides is 1. The molecule has 36 heavy (non-hydrogen) atoms. The highest BCUT2D eigenvalue weighted by molar-refractivity contribution is 5.91. The molecule has 0 bridgehead atoms. The molecule has 0 aliphatic heterocycles. The third-order valence-corrected chi connectivity index (χ3v) is 7.39. The zero-order valence-electron chi connectivity index (χ0n) is 24.9. The fourth-order valence-corrected chi connectivity index (χ4v) is 5.08. The van der Waals surface area contributed by atoms with Crippen LogP contribution in [-0.4, -0.2) is 16.1 Å². The maximum atomic E-state index is 13.6. The van der Waals surface area contributed by atoms with Gasteiger partial charge in [0.25, 0.3) is 0 Å². The summed E-state index contributed by atoms with van der Waals surface area (Å²) in [7, 11) is 0. The zero-order valence-corrected chi connectivity index (χ0v) is 24.9. The first kappa shape index (κ1) is 29.7. The molecule has 0 aromatic heterocycles. The van der Waals surface area contributed by atoms with Gasteiger partial charge in [0.05, 0.1) is 5.41 Å². The number of nitrogens with two attached hydrogens (primary N) is 1. The monoisotopic (exact) mass is 495 g/mol. The molecule has 0 saturated heterocycles. The van der Waals surface area contributed by atoms with Crippen molar-refractivity contribution in [1.29, 1.82) is 0 Å². The van der Waals surface area contributed by atoms with Gasteiger partial charge in [-0.25, -0.2) is 0 Å². The van der Waals surface area contributed by atoms with E-state index in [4.69, 9.17) is 5.73 Å². The minimum atomic E-state index is -1.14. The topological polar surface area (TPSA) is 83.6 Å². The molecule has 4 nitrogen and oxygen atoms in total. The van der Waals surface area contributed by atoms with Gasteiger partial charge in [-0.3, -0.25) is 4.79 Å². The van der Waals surface area contributed by atoms with E-state index in [-0.39, 0.29) is 33.2 Å². The highest BCUT2D eigenvalue weighted by atomic mass is 16.3. The van der Waals surface area contributed by atoms with Crippen molar-refractivity contribution in [3.8, 4) is 11.5 Å². The molecule has 0 atom stereocenters. The van der Waals surface area contributed by atoms with Gasteiger partial charge in [0.2, 0.25) is 5.91 Å². The number of benzene rings is 2. The Morgan fingerprint density at radius 1 is 0.611 bits per heavy atom. The summed E-state index contributed by atoms with van der Waals surface area (Å²) in [4.78, 5) is 13.6. The molecule has 0 fully saturated rings. The van der Waals surface area contributed by atoms with E-state index < -0.39 is 11.3 Å². The number of amides is 1. The first-order chi connectivity index (χ1) is 16.0. The van der Waals surface area contributed by atoms with E-state index in [9.17, 15) is 15.0 Å². The molecule has 0 aliphatic rings. The third-order valence-electron chi connectivity index (χ3n) is 7.39. The number of phenolic OH excluding ortho intramolecular Hbond substituents is 2. The Kier molecular flexibility index (Phi) is 7.53. The summed E-state index contributed by atoms with van der Waals surface area (Å²) in [6, 6.07) is 7.83. The van der Waals surface area contributed by atoms with E-state index in [1.807, 2.05) is 31.2 Å². The Bertz CT molecular complexity index is 994. The van der Waals surface area contributed by atoms with Gasteiger partial charge in [-0.2, -0.15) is 0 Å². The summed E-state index contributed by atoms with van der Waals surface area (Å²) in [5, 5.41) is 22.6. The van der Waals surface area contributed by atoms with Crippen LogP contribution in [0.2, 0.25) is 0 Å². The van der Waals surface area contributed by atoms with Gasteiger partial charge in [-0.15, -0.1) is 0 Å². The summed E-state index contributed by atoms with van der Waals surface area (Å²) in [6.45, 7) is 26.7. The molecule has 2 aromatic rings. The number of hydrogen-bond acceptors (Lipinski definition) is 3. The molecular formula is C32H49NO3. The molecule has 2 aromatic carbocycles. The fraction of sp³-hybridized carbons (Fsp3) is 0.594. The van der Waals surface area contributed by atoms with Gasteiger partial charge in [-0.1, -0.05) is 114 Å². The van der Waals surface area contributed by atoms with Crippen molar-refractivity contribution in [3.05, 3.63) is 57.6 Å². The lowest BCUT2D eigenvalue weighted by Crippen LogP contribution is -2.43. The maximum absolute atomic E-state index is 13.6. The van der Waals surface area contributed by atoms with Crippen LogP contribution < -0.4 is 5.73 Å². The van der Waals surface area contributed by atoms with Crippen LogP contribution in [0.1, 0.15) is 130 Å². The van der Waals surface area contributed by atoms with Crippen molar-refractivity contribution in [2.24, 2.45) is 5.73 Å². The highest BCUT2D eigenvalue weighted by Gasteiger charge is 2.43. The van der Waals surface area contributed by atoms with Crippen LogP contribution in [0, 0.1) is 0 Å². The Morgan fingerprint density at radius 2 is 0.833 bits per heavy atom. The smallest absolute Gasteiger partial charge is 0.232 e. The van der Waals surface area contributed by atoms with Crippen molar-refractivity contribution in [3.63, 3.8) is 0 Å². The first-order valence-electron chi connectivity index (χ1n) is 13.1. The van der Waals surface area contributed by atoms with Gasteiger partial charge in [0, 0.05) is 0 Å². The molecule has 4 N–H and O–H groups in total. The average Bonchev–Trinajstić information content (AvgIpc) is 2.66. The molecule has 0 heterocycles. The number of phenols is 2. The average molecular weight is 496 g/mol. The van der Waals surface area contributed by atoms with Crippen molar-refractivity contribution >= 4 is 5.91 Å². The van der Waals surface area contributed by atoms with Gasteiger partial charge in [0.15, 0.2) is 0 Å². The fourth-order valence-electron chi connectivity index (χ4n) is 5.08. The largest absolute Gasteiger partial charge is 0.507 e.